The molecule has 0 bridgehead atoms. The highest BCUT2D eigenvalue weighted by atomic mass is 35.5. The number of esters is 1. The van der Waals surface area contributed by atoms with Gasteiger partial charge in [0, 0.05) is 11.8 Å². The van der Waals surface area contributed by atoms with Crippen molar-refractivity contribution in [2.75, 3.05) is 18.5 Å². The summed E-state index contributed by atoms with van der Waals surface area (Å²) in [5.41, 5.74) is -1.46. The quantitative estimate of drug-likeness (QED) is 0.203. The summed E-state index contributed by atoms with van der Waals surface area (Å²) in [5.74, 6) is -0.940. The average molecular weight is 589 g/mol. The Kier molecular flexibility index (Phi) is 7.65. The summed E-state index contributed by atoms with van der Waals surface area (Å²) in [7, 11) is -3.50. The summed E-state index contributed by atoms with van der Waals surface area (Å²) in [6.07, 6.45) is -1.98. The summed E-state index contributed by atoms with van der Waals surface area (Å²) < 4.78 is 71.3. The summed E-state index contributed by atoms with van der Waals surface area (Å²) in [5, 5.41) is 12.3. The van der Waals surface area contributed by atoms with Crippen molar-refractivity contribution in [1.82, 2.24) is 20.0 Å². The van der Waals surface area contributed by atoms with Gasteiger partial charge >= 0.3 is 12.1 Å². The van der Waals surface area contributed by atoms with Gasteiger partial charge < -0.3 is 4.74 Å². The molecule has 0 atom stereocenters. The number of benzene rings is 2. The Balaban J connectivity index is 1.90. The second-order valence-corrected chi connectivity index (χ2v) is 11.7. The largest absolute Gasteiger partial charge is 0.450 e. The molecule has 194 valence electrons. The van der Waals surface area contributed by atoms with Crippen molar-refractivity contribution >= 4 is 50.5 Å². The fourth-order valence-electron chi connectivity index (χ4n) is 3.26. The van der Waals surface area contributed by atoms with E-state index in [1.54, 1.807) is 12.3 Å². The number of hydrogen-bond donors (Lipinski definition) is 0. The van der Waals surface area contributed by atoms with Gasteiger partial charge in [0.05, 0.1) is 16.1 Å². The topological polar surface area (TPSA) is 104 Å². The molecule has 4 rings (SSSR count). The molecular formula is C22H16ClF3N4O4S3. The summed E-state index contributed by atoms with van der Waals surface area (Å²) in [6.45, 7) is 0. The minimum Gasteiger partial charge on any atom is -0.450 e. The van der Waals surface area contributed by atoms with Crippen molar-refractivity contribution in [2.45, 2.75) is 11.1 Å². The van der Waals surface area contributed by atoms with E-state index in [4.69, 9.17) is 16.3 Å². The van der Waals surface area contributed by atoms with Crippen LogP contribution >= 0.6 is 34.7 Å². The van der Waals surface area contributed by atoms with Crippen LogP contribution in [0, 0.1) is 0 Å². The average Bonchev–Trinajstić information content (AvgIpc) is 3.46. The van der Waals surface area contributed by atoms with Crippen molar-refractivity contribution in [3.8, 4) is 27.0 Å². The molecule has 0 aliphatic rings. The number of para-hydroxylation sites is 1. The van der Waals surface area contributed by atoms with Gasteiger partial charge in [0.15, 0.2) is 20.5 Å². The predicted octanol–water partition coefficient (Wildman–Crippen LogP) is 5.61. The number of rotatable bonds is 7. The predicted molar refractivity (Wildman–Crippen MR) is 135 cm³/mol. The summed E-state index contributed by atoms with van der Waals surface area (Å²) in [4.78, 5) is 12.6. The number of hydrogen-bond acceptors (Lipinski definition) is 9. The lowest BCUT2D eigenvalue weighted by molar-refractivity contribution is -0.137. The van der Waals surface area contributed by atoms with E-state index < -0.39 is 33.2 Å². The third kappa shape index (κ3) is 5.66. The molecule has 37 heavy (non-hydrogen) atoms. The van der Waals surface area contributed by atoms with Crippen molar-refractivity contribution in [2.24, 2.45) is 0 Å². The Morgan fingerprint density at radius 3 is 2.51 bits per heavy atom. The first-order valence-corrected chi connectivity index (χ1v) is 14.7. The molecule has 0 saturated carbocycles. The Labute approximate surface area is 222 Å². The number of aromatic nitrogens is 4. The van der Waals surface area contributed by atoms with E-state index in [1.807, 2.05) is 0 Å². The van der Waals surface area contributed by atoms with Crippen LogP contribution < -0.4 is 0 Å². The van der Waals surface area contributed by atoms with Crippen LogP contribution in [0.1, 0.15) is 16.1 Å². The van der Waals surface area contributed by atoms with Gasteiger partial charge in [-0.25, -0.2) is 17.9 Å². The molecule has 0 radical (unpaired) electrons. The zero-order valence-corrected chi connectivity index (χ0v) is 22.2. The van der Waals surface area contributed by atoms with Crippen LogP contribution in [-0.4, -0.2) is 52.8 Å². The number of nitrogens with zero attached hydrogens (tertiary/aromatic N) is 4. The third-order valence-electron chi connectivity index (χ3n) is 4.90. The van der Waals surface area contributed by atoms with Crippen LogP contribution in [0.4, 0.5) is 13.2 Å². The van der Waals surface area contributed by atoms with E-state index in [9.17, 15) is 26.4 Å². The van der Waals surface area contributed by atoms with Gasteiger partial charge in [-0.05, 0) is 30.5 Å². The number of halogens is 4. The molecule has 0 saturated heterocycles. The summed E-state index contributed by atoms with van der Waals surface area (Å²) in [6, 6.07) is 10.6. The van der Waals surface area contributed by atoms with E-state index in [0.717, 1.165) is 28.3 Å². The highest BCUT2D eigenvalue weighted by Gasteiger charge is 2.36. The first kappa shape index (κ1) is 27.1. The smallest absolute Gasteiger partial charge is 0.418 e. The van der Waals surface area contributed by atoms with E-state index in [2.05, 4.69) is 15.3 Å². The molecule has 0 fully saturated rings. The van der Waals surface area contributed by atoms with Crippen molar-refractivity contribution in [1.29, 1.82) is 0 Å². The Hall–Kier alpha value is -2.94. The van der Waals surface area contributed by atoms with Crippen LogP contribution in [0.5, 0.6) is 0 Å². The lowest BCUT2D eigenvalue weighted by Crippen LogP contribution is -2.13. The second kappa shape index (κ2) is 10.4. The van der Waals surface area contributed by atoms with E-state index in [-0.39, 0.29) is 37.3 Å². The molecule has 2 aromatic heterocycles. The van der Waals surface area contributed by atoms with Gasteiger partial charge in [-0.15, -0.1) is 22.0 Å². The van der Waals surface area contributed by atoms with Crippen LogP contribution in [0.25, 0.3) is 27.0 Å². The molecule has 0 amide bonds. The molecular weight excluding hydrogens is 573 g/mol. The first-order chi connectivity index (χ1) is 17.4. The fraction of sp³-hybridized carbons (Fsp3) is 0.182. The first-order valence-electron chi connectivity index (χ1n) is 10.2. The zero-order valence-electron chi connectivity index (χ0n) is 19.0. The molecule has 0 aliphatic heterocycles. The standard InChI is InChI=1S/C22H16ClF3N4O4S3/c1-35-11-34-21(31)17-16(23)18(30(29-17)15-9-4-3-8-14(15)22(24,25)26)20-28-27-19(36-20)12-6-5-7-13(10-12)37(2,32)33/h3-10H,11H2,1-2H3. The molecule has 2 heterocycles. The molecule has 0 unspecified atom stereocenters. The lowest BCUT2D eigenvalue weighted by atomic mass is 10.1. The van der Waals surface area contributed by atoms with E-state index in [1.165, 1.54) is 48.2 Å². The van der Waals surface area contributed by atoms with Crippen LogP contribution in [0.15, 0.2) is 53.4 Å². The molecule has 8 nitrogen and oxygen atoms in total. The molecule has 15 heteroatoms. The van der Waals surface area contributed by atoms with Crippen LogP contribution in [0.3, 0.4) is 0 Å². The van der Waals surface area contributed by atoms with Gasteiger partial charge in [0.1, 0.15) is 21.7 Å². The number of sulfone groups is 1. The Morgan fingerprint density at radius 1 is 1.14 bits per heavy atom. The van der Waals surface area contributed by atoms with Gasteiger partial charge in [-0.3, -0.25) is 0 Å². The monoisotopic (exact) mass is 588 g/mol. The third-order valence-corrected chi connectivity index (χ3v) is 7.70. The molecule has 0 aliphatic carbocycles. The minimum absolute atomic E-state index is 0.0177. The normalized spacial score (nSPS) is 12.1. The highest BCUT2D eigenvalue weighted by molar-refractivity contribution is 7.98. The number of carbonyl (C=O) groups is 1. The summed E-state index contributed by atoms with van der Waals surface area (Å²) >= 11 is 8.63. The second-order valence-electron chi connectivity index (χ2n) is 7.49. The SMILES string of the molecule is CSCOC(=O)c1nn(-c2ccccc2C(F)(F)F)c(-c2nnc(-c3cccc(S(C)(=O)=O)c3)s2)c1Cl. The lowest BCUT2D eigenvalue weighted by Gasteiger charge is -2.14. The van der Waals surface area contributed by atoms with Crippen molar-refractivity contribution in [3.05, 3.63) is 64.8 Å². The van der Waals surface area contributed by atoms with Gasteiger partial charge in [-0.1, -0.05) is 47.2 Å². The fourth-order valence-corrected chi connectivity index (χ4v) is 5.37. The number of thioether (sulfide) groups is 1. The van der Waals surface area contributed by atoms with Crippen LogP contribution in [0.2, 0.25) is 5.02 Å². The molecule has 2 aromatic carbocycles. The van der Waals surface area contributed by atoms with E-state index >= 15 is 0 Å². The molecule has 4 aromatic rings. The van der Waals surface area contributed by atoms with Crippen molar-refractivity contribution < 1.29 is 31.1 Å². The van der Waals surface area contributed by atoms with Crippen molar-refractivity contribution in [3.63, 3.8) is 0 Å². The number of carbonyl (C=O) groups excluding carboxylic acids is 1. The maximum Gasteiger partial charge on any atom is 0.418 e. The Bertz CT molecular complexity index is 1590. The zero-order chi connectivity index (χ0) is 27.0. The van der Waals surface area contributed by atoms with E-state index in [0.29, 0.717) is 5.56 Å². The molecule has 0 N–H and O–H groups in total. The van der Waals surface area contributed by atoms with Gasteiger partial charge in [-0.2, -0.15) is 18.3 Å². The maximum atomic E-state index is 13.8. The molecule has 0 spiro atoms. The van der Waals surface area contributed by atoms with Crippen LogP contribution in [-0.2, 0) is 20.8 Å². The minimum atomic E-state index is -4.73. The number of alkyl halides is 3. The van der Waals surface area contributed by atoms with Gasteiger partial charge in [0.25, 0.3) is 0 Å². The number of ether oxygens (including phenoxy) is 1. The Morgan fingerprint density at radius 2 is 1.84 bits per heavy atom. The van der Waals surface area contributed by atoms with Gasteiger partial charge in [0.2, 0.25) is 0 Å². The maximum absolute atomic E-state index is 13.8. The highest BCUT2D eigenvalue weighted by Crippen LogP contribution is 2.40.